The van der Waals surface area contributed by atoms with Crippen LogP contribution in [0.15, 0.2) is 43.0 Å². The van der Waals surface area contributed by atoms with E-state index < -0.39 is 5.82 Å². The van der Waals surface area contributed by atoms with Crippen LogP contribution in [-0.2, 0) is 0 Å². The van der Waals surface area contributed by atoms with Gasteiger partial charge >= 0.3 is 0 Å². The van der Waals surface area contributed by atoms with Gasteiger partial charge in [0.25, 0.3) is 0 Å². The summed E-state index contributed by atoms with van der Waals surface area (Å²) in [6.45, 7) is 1.24. The molecule has 4 aromatic rings. The Morgan fingerprint density at radius 1 is 1.16 bits per heavy atom. The molecule has 1 unspecified atom stereocenters. The highest BCUT2D eigenvalue weighted by Crippen LogP contribution is 2.29. The van der Waals surface area contributed by atoms with Crippen molar-refractivity contribution in [2.45, 2.75) is 12.5 Å². The van der Waals surface area contributed by atoms with Gasteiger partial charge in [0.05, 0.1) is 34.5 Å². The van der Waals surface area contributed by atoms with E-state index in [1.54, 1.807) is 24.5 Å². The third-order valence-corrected chi connectivity index (χ3v) is 5.49. The van der Waals surface area contributed by atoms with Crippen molar-refractivity contribution in [2.24, 2.45) is 0 Å². The Bertz CT molecular complexity index is 1340. The minimum atomic E-state index is -0.654. The molecule has 0 bridgehead atoms. The van der Waals surface area contributed by atoms with Gasteiger partial charge in [0, 0.05) is 36.8 Å². The van der Waals surface area contributed by atoms with Crippen molar-refractivity contribution in [1.29, 1.82) is 5.26 Å². The van der Waals surface area contributed by atoms with Crippen LogP contribution in [-0.4, -0.2) is 49.0 Å². The number of anilines is 3. The SMILES string of the molecule is N#Cc1cc(F)c(-n2ncc3cnc(Nc4cc(N5CCC(O)C5)ncn4)cc32)c(Cl)c1. The number of aliphatic hydroxyl groups is 1. The number of rotatable bonds is 4. The zero-order chi connectivity index (χ0) is 22.2. The molecule has 9 nitrogen and oxygen atoms in total. The number of nitrogens with one attached hydrogen (secondary N) is 1. The molecular formula is C21H16ClFN8O. The van der Waals surface area contributed by atoms with Crippen LogP contribution in [0.4, 0.5) is 21.8 Å². The number of hydrogen-bond acceptors (Lipinski definition) is 8. The van der Waals surface area contributed by atoms with Crippen molar-refractivity contribution in [1.82, 2.24) is 24.7 Å². The van der Waals surface area contributed by atoms with Gasteiger partial charge in [0.2, 0.25) is 0 Å². The van der Waals surface area contributed by atoms with Gasteiger partial charge in [-0.2, -0.15) is 10.4 Å². The monoisotopic (exact) mass is 450 g/mol. The summed E-state index contributed by atoms with van der Waals surface area (Å²) < 4.78 is 16.1. The first kappa shape index (κ1) is 20.1. The van der Waals surface area contributed by atoms with E-state index in [4.69, 9.17) is 16.9 Å². The van der Waals surface area contributed by atoms with Gasteiger partial charge in [-0.15, -0.1) is 0 Å². The summed E-state index contributed by atoms with van der Waals surface area (Å²) in [6.07, 6.45) is 4.94. The molecule has 0 saturated carbocycles. The maximum Gasteiger partial charge on any atom is 0.151 e. The highest BCUT2D eigenvalue weighted by Gasteiger charge is 2.22. The van der Waals surface area contributed by atoms with Crippen LogP contribution in [0.5, 0.6) is 0 Å². The lowest BCUT2D eigenvalue weighted by molar-refractivity contribution is 0.198. The van der Waals surface area contributed by atoms with Crippen molar-refractivity contribution in [3.05, 3.63) is 59.4 Å². The van der Waals surface area contributed by atoms with Crippen LogP contribution >= 0.6 is 11.6 Å². The van der Waals surface area contributed by atoms with Gasteiger partial charge in [0.1, 0.15) is 29.5 Å². The van der Waals surface area contributed by atoms with E-state index >= 15 is 0 Å². The average molecular weight is 451 g/mol. The summed E-state index contributed by atoms with van der Waals surface area (Å²) in [4.78, 5) is 14.9. The number of hydrogen-bond donors (Lipinski definition) is 2. The van der Waals surface area contributed by atoms with E-state index in [1.165, 1.54) is 17.1 Å². The molecule has 1 fully saturated rings. The first-order chi connectivity index (χ1) is 15.5. The molecule has 1 atom stereocenters. The Balaban J connectivity index is 1.48. The summed E-state index contributed by atoms with van der Waals surface area (Å²) in [6, 6.07) is 7.87. The van der Waals surface area contributed by atoms with E-state index in [9.17, 15) is 9.50 Å². The fourth-order valence-electron chi connectivity index (χ4n) is 3.67. The number of pyridine rings is 1. The topological polar surface area (TPSA) is 116 Å². The van der Waals surface area contributed by atoms with Crippen LogP contribution < -0.4 is 10.2 Å². The molecule has 1 aromatic carbocycles. The number of fused-ring (bicyclic) bond motifs is 1. The normalized spacial score (nSPS) is 15.8. The van der Waals surface area contributed by atoms with E-state index in [-0.39, 0.29) is 22.4 Å². The lowest BCUT2D eigenvalue weighted by atomic mass is 10.2. The molecule has 0 aliphatic carbocycles. The second-order valence-corrected chi connectivity index (χ2v) is 7.77. The van der Waals surface area contributed by atoms with Crippen LogP contribution in [0.1, 0.15) is 12.0 Å². The minimum Gasteiger partial charge on any atom is -0.391 e. The molecule has 160 valence electrons. The summed E-state index contributed by atoms with van der Waals surface area (Å²) >= 11 is 6.24. The fourth-order valence-corrected chi connectivity index (χ4v) is 3.96. The molecule has 1 saturated heterocycles. The van der Waals surface area contributed by atoms with Gasteiger partial charge in [-0.25, -0.2) is 24.0 Å². The van der Waals surface area contributed by atoms with E-state index in [0.717, 1.165) is 12.6 Å². The molecule has 32 heavy (non-hydrogen) atoms. The molecule has 0 radical (unpaired) electrons. The Hall–Kier alpha value is -3.81. The highest BCUT2D eigenvalue weighted by molar-refractivity contribution is 6.32. The highest BCUT2D eigenvalue weighted by atomic mass is 35.5. The van der Waals surface area contributed by atoms with Crippen molar-refractivity contribution in [2.75, 3.05) is 23.3 Å². The molecule has 5 rings (SSSR count). The Labute approximate surface area is 186 Å². The molecule has 4 heterocycles. The Morgan fingerprint density at radius 2 is 2.00 bits per heavy atom. The molecule has 0 spiro atoms. The number of β-amino-alcohol motifs (C(OH)–C–C–N with tert-alkyl or cyclic N) is 1. The molecule has 11 heteroatoms. The summed E-state index contributed by atoms with van der Waals surface area (Å²) in [5.74, 6) is 1.04. The number of aliphatic hydroxyl groups excluding tert-OH is 1. The molecule has 3 aromatic heterocycles. The molecule has 2 N–H and O–H groups in total. The van der Waals surface area contributed by atoms with Gasteiger partial charge in [-0.1, -0.05) is 11.6 Å². The largest absolute Gasteiger partial charge is 0.391 e. The molecule has 1 aliphatic rings. The fraction of sp³-hybridized carbons (Fsp3) is 0.190. The first-order valence-electron chi connectivity index (χ1n) is 9.77. The third kappa shape index (κ3) is 3.68. The van der Waals surface area contributed by atoms with Crippen LogP contribution in [0.25, 0.3) is 16.6 Å². The van der Waals surface area contributed by atoms with Crippen molar-refractivity contribution in [3.8, 4) is 11.8 Å². The van der Waals surface area contributed by atoms with Crippen molar-refractivity contribution in [3.63, 3.8) is 0 Å². The van der Waals surface area contributed by atoms with Crippen LogP contribution in [0.2, 0.25) is 5.02 Å². The third-order valence-electron chi connectivity index (χ3n) is 5.21. The number of benzene rings is 1. The van der Waals surface area contributed by atoms with E-state index in [1.807, 2.05) is 11.0 Å². The van der Waals surface area contributed by atoms with Crippen LogP contribution in [0.3, 0.4) is 0 Å². The Morgan fingerprint density at radius 3 is 2.75 bits per heavy atom. The van der Waals surface area contributed by atoms with E-state index in [2.05, 4.69) is 25.4 Å². The van der Waals surface area contributed by atoms with Gasteiger partial charge in [-0.3, -0.25) is 0 Å². The number of halogens is 2. The maximum atomic E-state index is 14.7. The zero-order valence-electron chi connectivity index (χ0n) is 16.6. The predicted molar refractivity (Wildman–Crippen MR) is 117 cm³/mol. The van der Waals surface area contributed by atoms with Gasteiger partial charge in [0.15, 0.2) is 5.82 Å². The summed E-state index contributed by atoms with van der Waals surface area (Å²) in [5, 5.41) is 26.9. The maximum absolute atomic E-state index is 14.7. The smallest absolute Gasteiger partial charge is 0.151 e. The van der Waals surface area contributed by atoms with Gasteiger partial charge < -0.3 is 15.3 Å². The number of nitriles is 1. The lowest BCUT2D eigenvalue weighted by Gasteiger charge is -2.17. The lowest BCUT2D eigenvalue weighted by Crippen LogP contribution is -2.22. The summed E-state index contributed by atoms with van der Waals surface area (Å²) in [5.41, 5.74) is 0.751. The second-order valence-electron chi connectivity index (χ2n) is 7.36. The number of nitrogens with zero attached hydrogens (tertiary/aromatic N) is 7. The van der Waals surface area contributed by atoms with Gasteiger partial charge in [-0.05, 0) is 18.6 Å². The number of aromatic nitrogens is 5. The predicted octanol–water partition coefficient (Wildman–Crippen LogP) is 3.19. The molecule has 0 amide bonds. The quantitative estimate of drug-likeness (QED) is 0.487. The molecular weight excluding hydrogens is 435 g/mol. The Kier molecular flexibility index (Phi) is 5.05. The first-order valence-corrected chi connectivity index (χ1v) is 10.1. The second kappa shape index (κ2) is 8.03. The van der Waals surface area contributed by atoms with Crippen molar-refractivity contribution < 1.29 is 9.50 Å². The standard InChI is InChI=1S/C21H16ClFN8O/c22-15-3-12(7-24)4-16(23)21(15)31-17-5-18(25-8-13(17)9-28-31)29-19-6-20(27-11-26-19)30-2-1-14(32)10-30/h3-6,8-9,11,14,32H,1-2,10H2,(H,25,26,27,29). The average Bonchev–Trinajstić information content (AvgIpc) is 3.40. The minimum absolute atomic E-state index is 0.0507. The summed E-state index contributed by atoms with van der Waals surface area (Å²) in [7, 11) is 0. The van der Waals surface area contributed by atoms with E-state index in [0.29, 0.717) is 41.3 Å². The molecule has 1 aliphatic heterocycles. The van der Waals surface area contributed by atoms with Crippen LogP contribution in [0, 0.1) is 17.1 Å². The zero-order valence-corrected chi connectivity index (χ0v) is 17.3. The van der Waals surface area contributed by atoms with Crippen molar-refractivity contribution >= 4 is 40.0 Å².